The summed E-state index contributed by atoms with van der Waals surface area (Å²) in [4.78, 5) is 10.8. The predicted octanol–water partition coefficient (Wildman–Crippen LogP) is 1.90. The van der Waals surface area contributed by atoms with Crippen LogP contribution in [0.25, 0.3) is 11.4 Å². The normalized spacial score (nSPS) is 12.5. The minimum Gasteiger partial charge on any atom is -0.481 e. The van der Waals surface area contributed by atoms with Crippen LogP contribution in [0.1, 0.15) is 19.8 Å². The molecule has 0 aliphatic rings. The Morgan fingerprint density at radius 1 is 1.61 bits per heavy atom. The molecule has 0 saturated heterocycles. The quantitative estimate of drug-likeness (QED) is 0.863. The second kappa shape index (κ2) is 5.72. The van der Waals surface area contributed by atoms with E-state index in [9.17, 15) is 4.79 Å². The van der Waals surface area contributed by atoms with Crippen molar-refractivity contribution >= 4 is 17.3 Å². The minimum atomic E-state index is -0.785. The van der Waals surface area contributed by atoms with Gasteiger partial charge in [-0.15, -0.1) is 5.10 Å². The number of aromatic nitrogens is 4. The highest BCUT2D eigenvalue weighted by molar-refractivity contribution is 7.08. The molecule has 0 aliphatic carbocycles. The lowest BCUT2D eigenvalue weighted by atomic mass is 10.0. The number of hydrogen-bond donors (Lipinski definition) is 1. The fourth-order valence-electron chi connectivity index (χ4n) is 1.76. The number of rotatable bonds is 6. The summed E-state index contributed by atoms with van der Waals surface area (Å²) in [5.74, 6) is -0.0458. The highest BCUT2D eigenvalue weighted by atomic mass is 32.1. The second-order valence-corrected chi connectivity index (χ2v) is 4.85. The molecule has 0 aliphatic heterocycles. The summed E-state index contributed by atoms with van der Waals surface area (Å²) in [6.07, 6.45) is 0.925. The molecule has 1 N–H and O–H groups in total. The van der Waals surface area contributed by atoms with E-state index in [0.29, 0.717) is 12.4 Å². The van der Waals surface area contributed by atoms with Crippen molar-refractivity contribution in [1.82, 2.24) is 20.2 Å². The van der Waals surface area contributed by atoms with Crippen molar-refractivity contribution in [3.05, 3.63) is 16.8 Å². The molecular formula is C11H14N4O2S. The van der Waals surface area contributed by atoms with Crippen LogP contribution < -0.4 is 0 Å². The Labute approximate surface area is 108 Å². The summed E-state index contributed by atoms with van der Waals surface area (Å²) in [7, 11) is 0. The molecule has 0 radical (unpaired) electrons. The largest absolute Gasteiger partial charge is 0.481 e. The molecular weight excluding hydrogens is 252 g/mol. The third-order valence-corrected chi connectivity index (χ3v) is 3.47. The number of hydrogen-bond acceptors (Lipinski definition) is 5. The van der Waals surface area contributed by atoms with Gasteiger partial charge in [-0.05, 0) is 27.8 Å². The van der Waals surface area contributed by atoms with Gasteiger partial charge in [-0.2, -0.15) is 11.3 Å². The maximum atomic E-state index is 10.8. The van der Waals surface area contributed by atoms with E-state index in [-0.39, 0.29) is 12.3 Å². The van der Waals surface area contributed by atoms with E-state index in [1.54, 1.807) is 16.0 Å². The summed E-state index contributed by atoms with van der Waals surface area (Å²) in [6, 6.07) is 1.95. The molecule has 96 valence electrons. The monoisotopic (exact) mass is 266 g/mol. The molecule has 18 heavy (non-hydrogen) atoms. The van der Waals surface area contributed by atoms with Crippen LogP contribution in [0.15, 0.2) is 16.8 Å². The fraction of sp³-hybridized carbons (Fsp3) is 0.455. The summed E-state index contributed by atoms with van der Waals surface area (Å²) in [6.45, 7) is 2.50. The number of nitrogens with zero attached hydrogens (tertiary/aromatic N) is 4. The topological polar surface area (TPSA) is 80.9 Å². The predicted molar refractivity (Wildman–Crippen MR) is 67.2 cm³/mol. The van der Waals surface area contributed by atoms with E-state index in [2.05, 4.69) is 15.5 Å². The molecule has 2 aromatic heterocycles. The van der Waals surface area contributed by atoms with Crippen LogP contribution in [0, 0.1) is 5.92 Å². The van der Waals surface area contributed by atoms with E-state index in [1.165, 1.54) is 0 Å². The molecule has 2 aromatic rings. The number of carboxylic acid groups (broad SMARTS) is 1. The first kappa shape index (κ1) is 12.7. The summed E-state index contributed by atoms with van der Waals surface area (Å²) in [5, 5.41) is 24.4. The zero-order valence-corrected chi connectivity index (χ0v) is 10.8. The fourth-order valence-corrected chi connectivity index (χ4v) is 2.39. The maximum absolute atomic E-state index is 10.8. The van der Waals surface area contributed by atoms with Crippen molar-refractivity contribution in [3.63, 3.8) is 0 Å². The second-order valence-electron chi connectivity index (χ2n) is 4.07. The smallest absolute Gasteiger partial charge is 0.303 e. The number of carboxylic acids is 1. The zero-order chi connectivity index (χ0) is 13.0. The third-order valence-electron chi connectivity index (χ3n) is 2.78. The van der Waals surface area contributed by atoms with Gasteiger partial charge in [-0.1, -0.05) is 13.3 Å². The van der Waals surface area contributed by atoms with Gasteiger partial charge in [0.05, 0.1) is 0 Å². The summed E-state index contributed by atoms with van der Waals surface area (Å²) in [5.41, 5.74) is 0.968. The third kappa shape index (κ3) is 2.92. The lowest BCUT2D eigenvalue weighted by molar-refractivity contribution is -0.138. The van der Waals surface area contributed by atoms with Crippen LogP contribution in [0.3, 0.4) is 0 Å². The van der Waals surface area contributed by atoms with Crippen LogP contribution in [-0.4, -0.2) is 31.3 Å². The van der Waals surface area contributed by atoms with Gasteiger partial charge in [0.15, 0.2) is 5.82 Å². The Bertz CT molecular complexity index is 509. The lowest BCUT2D eigenvalue weighted by Gasteiger charge is -2.12. The first-order chi connectivity index (χ1) is 8.70. The molecule has 7 heteroatoms. The van der Waals surface area contributed by atoms with Gasteiger partial charge in [0.1, 0.15) is 0 Å². The van der Waals surface area contributed by atoms with Crippen LogP contribution in [0.2, 0.25) is 0 Å². The van der Waals surface area contributed by atoms with E-state index in [4.69, 9.17) is 5.11 Å². The van der Waals surface area contributed by atoms with Crippen LogP contribution in [-0.2, 0) is 11.3 Å². The van der Waals surface area contributed by atoms with Crippen molar-refractivity contribution in [1.29, 1.82) is 0 Å². The number of aliphatic carboxylic acids is 1. The number of tetrazole rings is 1. The maximum Gasteiger partial charge on any atom is 0.303 e. The molecule has 0 aromatic carbocycles. The molecule has 2 rings (SSSR count). The van der Waals surface area contributed by atoms with Crippen LogP contribution >= 0.6 is 11.3 Å². The molecule has 2 heterocycles. The highest BCUT2D eigenvalue weighted by Crippen LogP contribution is 2.20. The Morgan fingerprint density at radius 3 is 3.06 bits per heavy atom. The average molecular weight is 266 g/mol. The van der Waals surface area contributed by atoms with Gasteiger partial charge >= 0.3 is 5.97 Å². The van der Waals surface area contributed by atoms with Gasteiger partial charge < -0.3 is 5.11 Å². The molecule has 0 spiro atoms. The first-order valence-electron chi connectivity index (χ1n) is 5.71. The summed E-state index contributed by atoms with van der Waals surface area (Å²) < 4.78 is 1.68. The van der Waals surface area contributed by atoms with Crippen molar-refractivity contribution in [2.24, 2.45) is 5.92 Å². The van der Waals surface area contributed by atoms with Crippen LogP contribution in [0.4, 0.5) is 0 Å². The molecule has 1 unspecified atom stereocenters. The molecule has 1 atom stereocenters. The van der Waals surface area contributed by atoms with E-state index < -0.39 is 5.97 Å². The number of thiophene rings is 1. The number of carbonyl (C=O) groups is 1. The molecule has 0 bridgehead atoms. The van der Waals surface area contributed by atoms with Crippen molar-refractivity contribution in [2.45, 2.75) is 26.3 Å². The van der Waals surface area contributed by atoms with Gasteiger partial charge in [0, 0.05) is 23.9 Å². The Morgan fingerprint density at radius 2 is 2.44 bits per heavy atom. The Balaban J connectivity index is 2.14. The summed E-state index contributed by atoms with van der Waals surface area (Å²) >= 11 is 1.58. The SMILES string of the molecule is CCC(CC(=O)O)Cn1nnnc1-c1ccsc1. The van der Waals surface area contributed by atoms with E-state index >= 15 is 0 Å². The van der Waals surface area contributed by atoms with E-state index in [0.717, 1.165) is 12.0 Å². The Hall–Kier alpha value is -1.76. The standard InChI is InChI=1S/C11H14N4O2S/c1-2-8(5-10(16)17)6-15-11(12-13-14-15)9-3-4-18-7-9/h3-4,7-8H,2,5-6H2,1H3,(H,16,17). The molecule has 0 fully saturated rings. The molecule has 0 amide bonds. The van der Waals surface area contributed by atoms with Gasteiger partial charge in [0.2, 0.25) is 0 Å². The van der Waals surface area contributed by atoms with Crippen molar-refractivity contribution < 1.29 is 9.90 Å². The van der Waals surface area contributed by atoms with Gasteiger partial charge in [-0.3, -0.25) is 4.79 Å². The zero-order valence-electron chi connectivity index (χ0n) is 9.98. The van der Waals surface area contributed by atoms with Gasteiger partial charge in [-0.25, -0.2) is 4.68 Å². The van der Waals surface area contributed by atoms with Gasteiger partial charge in [0.25, 0.3) is 0 Å². The Kier molecular flexibility index (Phi) is 4.03. The minimum absolute atomic E-state index is 0.0448. The van der Waals surface area contributed by atoms with Crippen molar-refractivity contribution in [3.8, 4) is 11.4 Å². The first-order valence-corrected chi connectivity index (χ1v) is 6.65. The lowest BCUT2D eigenvalue weighted by Crippen LogP contribution is -2.16. The van der Waals surface area contributed by atoms with Crippen molar-refractivity contribution in [2.75, 3.05) is 0 Å². The molecule has 6 nitrogen and oxygen atoms in total. The van der Waals surface area contributed by atoms with Crippen LogP contribution in [0.5, 0.6) is 0 Å². The average Bonchev–Trinajstić information content (AvgIpc) is 2.96. The molecule has 0 saturated carbocycles. The van der Waals surface area contributed by atoms with E-state index in [1.807, 2.05) is 23.8 Å². The highest BCUT2D eigenvalue weighted by Gasteiger charge is 2.16.